The number of carbonyl (C=O) groups is 2. The van der Waals surface area contributed by atoms with E-state index >= 15 is 0 Å². The Morgan fingerprint density at radius 1 is 1.62 bits per heavy atom. The number of carboxylic acid groups (broad SMARTS) is 1. The van der Waals surface area contributed by atoms with Gasteiger partial charge in [-0.05, 0) is 6.42 Å². The molecular formula is C9H16O4. The van der Waals surface area contributed by atoms with Crippen LogP contribution in [0.3, 0.4) is 0 Å². The van der Waals surface area contributed by atoms with Crippen molar-refractivity contribution >= 4 is 11.9 Å². The van der Waals surface area contributed by atoms with E-state index in [1.165, 1.54) is 6.92 Å². The number of ether oxygens (including phenoxy) is 1. The molecule has 4 nitrogen and oxygen atoms in total. The summed E-state index contributed by atoms with van der Waals surface area (Å²) < 4.78 is 4.17. The highest BCUT2D eigenvalue weighted by atomic mass is 16.5. The molecule has 1 atom stereocenters. The fourth-order valence-electron chi connectivity index (χ4n) is 0.292. The smallest absolute Gasteiger partial charge is 0.307 e. The summed E-state index contributed by atoms with van der Waals surface area (Å²) in [6.07, 6.45) is 1.82. The van der Waals surface area contributed by atoms with Crippen molar-refractivity contribution in [2.24, 2.45) is 5.92 Å². The molecule has 0 rings (SSSR count). The Bertz CT molecular complexity index is 174. The second-order valence-electron chi connectivity index (χ2n) is 2.42. The number of aliphatic carboxylic acids is 1. The average Bonchev–Trinajstić information content (AvgIpc) is 2.03. The molecule has 0 saturated carbocycles. The van der Waals surface area contributed by atoms with Crippen molar-refractivity contribution < 1.29 is 19.4 Å². The molecule has 0 aromatic rings. The molecule has 0 aliphatic carbocycles. The van der Waals surface area contributed by atoms with E-state index in [4.69, 9.17) is 5.11 Å². The van der Waals surface area contributed by atoms with Crippen molar-refractivity contribution in [2.45, 2.75) is 27.2 Å². The van der Waals surface area contributed by atoms with Crippen molar-refractivity contribution in [3.05, 3.63) is 12.8 Å². The van der Waals surface area contributed by atoms with Gasteiger partial charge in [0.05, 0.1) is 12.2 Å². The number of hydrogen-bond acceptors (Lipinski definition) is 3. The Morgan fingerprint density at radius 3 is 2.08 bits per heavy atom. The van der Waals surface area contributed by atoms with Gasteiger partial charge < -0.3 is 9.84 Å². The molecule has 0 fully saturated rings. The molecule has 4 heteroatoms. The first kappa shape index (κ1) is 14.2. The lowest BCUT2D eigenvalue weighted by Crippen LogP contribution is -2.06. The number of carboxylic acids is 1. The summed E-state index contributed by atoms with van der Waals surface area (Å²) in [5.74, 6) is -1.22. The summed E-state index contributed by atoms with van der Waals surface area (Å²) in [7, 11) is 0. The van der Waals surface area contributed by atoms with E-state index in [2.05, 4.69) is 11.3 Å². The molecule has 1 unspecified atom stereocenters. The second-order valence-corrected chi connectivity index (χ2v) is 2.42. The minimum Gasteiger partial charge on any atom is -0.481 e. The van der Waals surface area contributed by atoms with Crippen LogP contribution in [0.15, 0.2) is 12.8 Å². The van der Waals surface area contributed by atoms with Gasteiger partial charge in [-0.25, -0.2) is 0 Å². The van der Waals surface area contributed by atoms with Crippen LogP contribution in [0, 0.1) is 5.92 Å². The summed E-state index contributed by atoms with van der Waals surface area (Å²) in [6, 6.07) is 0. The van der Waals surface area contributed by atoms with Gasteiger partial charge in [0.15, 0.2) is 0 Å². The third kappa shape index (κ3) is 13.6. The van der Waals surface area contributed by atoms with Gasteiger partial charge >= 0.3 is 11.9 Å². The SMILES string of the molecule is C=COC(C)=O.CCC(C)C(=O)O. The highest BCUT2D eigenvalue weighted by molar-refractivity contribution is 5.69. The Hall–Kier alpha value is -1.32. The summed E-state index contributed by atoms with van der Waals surface area (Å²) in [5, 5.41) is 8.18. The van der Waals surface area contributed by atoms with Crippen molar-refractivity contribution in [1.82, 2.24) is 0 Å². The van der Waals surface area contributed by atoms with Crippen LogP contribution in [0.1, 0.15) is 27.2 Å². The fraction of sp³-hybridized carbons (Fsp3) is 0.556. The molecule has 1 N–H and O–H groups in total. The fourth-order valence-corrected chi connectivity index (χ4v) is 0.292. The van der Waals surface area contributed by atoms with E-state index in [0.29, 0.717) is 0 Å². The first-order valence-electron chi connectivity index (χ1n) is 3.96. The third-order valence-electron chi connectivity index (χ3n) is 1.28. The van der Waals surface area contributed by atoms with Crippen molar-refractivity contribution in [3.63, 3.8) is 0 Å². The summed E-state index contributed by atoms with van der Waals surface area (Å²) >= 11 is 0. The Labute approximate surface area is 78.2 Å². The number of esters is 1. The Balaban J connectivity index is 0. The van der Waals surface area contributed by atoms with Gasteiger partial charge in [-0.3, -0.25) is 9.59 Å². The summed E-state index contributed by atoms with van der Waals surface area (Å²) in [6.45, 7) is 8.04. The maximum Gasteiger partial charge on any atom is 0.307 e. The maximum absolute atomic E-state index is 9.93. The molecule has 0 aliphatic heterocycles. The largest absolute Gasteiger partial charge is 0.481 e. The number of carbonyl (C=O) groups excluding carboxylic acids is 1. The van der Waals surface area contributed by atoms with Crippen LogP contribution in [0.2, 0.25) is 0 Å². The molecule has 0 radical (unpaired) electrons. The molecule has 0 aromatic heterocycles. The molecule has 0 spiro atoms. The van der Waals surface area contributed by atoms with Crippen molar-refractivity contribution in [2.75, 3.05) is 0 Å². The van der Waals surface area contributed by atoms with Crippen LogP contribution in [-0.4, -0.2) is 17.0 Å². The number of hydrogen-bond donors (Lipinski definition) is 1. The minimum atomic E-state index is -0.706. The number of rotatable bonds is 3. The average molecular weight is 188 g/mol. The van der Waals surface area contributed by atoms with E-state index in [9.17, 15) is 9.59 Å². The Morgan fingerprint density at radius 2 is 2.08 bits per heavy atom. The van der Waals surface area contributed by atoms with Gasteiger partial charge in [-0.2, -0.15) is 0 Å². The van der Waals surface area contributed by atoms with Crippen LogP contribution in [-0.2, 0) is 14.3 Å². The lowest BCUT2D eigenvalue weighted by molar-refractivity contribution is -0.141. The predicted octanol–water partition coefficient (Wildman–Crippen LogP) is 1.81. The van der Waals surface area contributed by atoms with Gasteiger partial charge in [-0.15, -0.1) is 0 Å². The quantitative estimate of drug-likeness (QED) is 0.542. The summed E-state index contributed by atoms with van der Waals surface area (Å²) in [4.78, 5) is 19.7. The normalized spacial score (nSPS) is 10.4. The molecule has 0 heterocycles. The molecule has 0 aliphatic rings. The first-order valence-corrected chi connectivity index (χ1v) is 3.96. The zero-order chi connectivity index (χ0) is 10.9. The van der Waals surface area contributed by atoms with Crippen molar-refractivity contribution in [1.29, 1.82) is 0 Å². The van der Waals surface area contributed by atoms with E-state index < -0.39 is 5.97 Å². The summed E-state index contributed by atoms with van der Waals surface area (Å²) in [5.41, 5.74) is 0. The van der Waals surface area contributed by atoms with Crippen LogP contribution in [0.25, 0.3) is 0 Å². The van der Waals surface area contributed by atoms with Gasteiger partial charge in [0.1, 0.15) is 0 Å². The molecule has 13 heavy (non-hydrogen) atoms. The standard InChI is InChI=1S/C5H10O2.C4H6O2/c1-3-4(2)5(6)7;1-3-6-4(2)5/h4H,3H2,1-2H3,(H,6,7);3H,1H2,2H3. The predicted molar refractivity (Wildman–Crippen MR) is 49.1 cm³/mol. The minimum absolute atomic E-state index is 0.181. The van der Waals surface area contributed by atoms with Crippen LogP contribution in [0.4, 0.5) is 0 Å². The van der Waals surface area contributed by atoms with E-state index in [1.54, 1.807) is 6.92 Å². The molecule has 0 saturated heterocycles. The lowest BCUT2D eigenvalue weighted by Gasteiger charge is -1.96. The second kappa shape index (κ2) is 8.77. The Kier molecular flexibility index (Phi) is 9.60. The molecule has 0 aromatic carbocycles. The first-order chi connectivity index (χ1) is 5.95. The van der Waals surface area contributed by atoms with E-state index in [0.717, 1.165) is 12.7 Å². The van der Waals surface area contributed by atoms with Crippen molar-refractivity contribution in [3.8, 4) is 0 Å². The van der Waals surface area contributed by atoms with Crippen LogP contribution < -0.4 is 0 Å². The third-order valence-corrected chi connectivity index (χ3v) is 1.28. The molecule has 76 valence electrons. The lowest BCUT2D eigenvalue weighted by atomic mass is 10.1. The topological polar surface area (TPSA) is 63.6 Å². The van der Waals surface area contributed by atoms with Gasteiger partial charge in [0.2, 0.25) is 0 Å². The molecule has 0 amide bonds. The monoisotopic (exact) mass is 188 g/mol. The zero-order valence-electron chi connectivity index (χ0n) is 8.24. The van der Waals surface area contributed by atoms with Gasteiger partial charge in [-0.1, -0.05) is 20.4 Å². The van der Waals surface area contributed by atoms with Crippen LogP contribution in [0.5, 0.6) is 0 Å². The van der Waals surface area contributed by atoms with E-state index in [1.807, 2.05) is 6.92 Å². The highest BCUT2D eigenvalue weighted by Crippen LogP contribution is 1.97. The van der Waals surface area contributed by atoms with E-state index in [-0.39, 0.29) is 11.9 Å². The van der Waals surface area contributed by atoms with Crippen LogP contribution >= 0.6 is 0 Å². The maximum atomic E-state index is 9.93. The van der Waals surface area contributed by atoms with Gasteiger partial charge in [0.25, 0.3) is 0 Å². The highest BCUT2D eigenvalue weighted by Gasteiger charge is 2.05. The van der Waals surface area contributed by atoms with Gasteiger partial charge in [0, 0.05) is 6.92 Å². The zero-order valence-corrected chi connectivity index (χ0v) is 8.24. The molecule has 0 bridgehead atoms. The molecular weight excluding hydrogens is 172 g/mol.